The largest absolute Gasteiger partial charge is 0.455 e. The minimum absolute atomic E-state index is 0.107. The van der Waals surface area contributed by atoms with Gasteiger partial charge >= 0.3 is 5.97 Å². The van der Waals surface area contributed by atoms with E-state index in [0.717, 1.165) is 5.56 Å². The first-order valence-electron chi connectivity index (χ1n) is 10.4. The summed E-state index contributed by atoms with van der Waals surface area (Å²) in [5, 5.41) is 2.67. The molecule has 2 aromatic carbocycles. The van der Waals surface area contributed by atoms with Crippen LogP contribution in [-0.2, 0) is 29.8 Å². The number of hydrogen-bond donors (Lipinski definition) is 1. The highest BCUT2D eigenvalue weighted by Gasteiger charge is 2.52. The molecule has 1 aliphatic carbocycles. The fourth-order valence-electron chi connectivity index (χ4n) is 3.56. The zero-order chi connectivity index (χ0) is 22.6. The predicted molar refractivity (Wildman–Crippen MR) is 118 cm³/mol. The fraction of sp³-hybridized carbons (Fsp3) is 0.391. The van der Waals surface area contributed by atoms with Crippen LogP contribution in [0.15, 0.2) is 53.4 Å². The van der Waals surface area contributed by atoms with Crippen LogP contribution in [0.3, 0.4) is 0 Å². The van der Waals surface area contributed by atoms with E-state index >= 15 is 0 Å². The molecule has 1 aliphatic rings. The molecule has 3 rings (SSSR count). The molecule has 0 heterocycles. The third kappa shape index (κ3) is 4.80. The fourth-order valence-corrected chi connectivity index (χ4v) is 5.04. The number of esters is 1. The molecule has 8 heteroatoms. The van der Waals surface area contributed by atoms with Crippen LogP contribution in [0.1, 0.15) is 37.8 Å². The van der Waals surface area contributed by atoms with Crippen molar-refractivity contribution in [1.29, 1.82) is 0 Å². The number of carbonyl (C=O) groups is 2. The second-order valence-corrected chi connectivity index (χ2v) is 9.58. The highest BCUT2D eigenvalue weighted by molar-refractivity contribution is 7.89. The number of nitrogens with one attached hydrogen (secondary N) is 1. The zero-order valence-electron chi connectivity index (χ0n) is 18.1. The number of benzene rings is 2. The van der Waals surface area contributed by atoms with Gasteiger partial charge in [0.1, 0.15) is 0 Å². The first kappa shape index (κ1) is 23.0. The van der Waals surface area contributed by atoms with Gasteiger partial charge in [0.25, 0.3) is 5.91 Å². The summed E-state index contributed by atoms with van der Waals surface area (Å²) in [5.74, 6) is -0.930. The average molecular weight is 445 g/mol. The Kier molecular flexibility index (Phi) is 6.81. The molecule has 0 bridgehead atoms. The van der Waals surface area contributed by atoms with Crippen LogP contribution in [0, 0.1) is 6.92 Å². The van der Waals surface area contributed by atoms with Gasteiger partial charge in [0.15, 0.2) is 6.61 Å². The summed E-state index contributed by atoms with van der Waals surface area (Å²) in [4.78, 5) is 25.1. The SMILES string of the molecule is CCN(CC)S(=O)(=O)c1ccc(C)c(NC(=O)COC(=O)C2(c3ccccc3)CC2)c1. The van der Waals surface area contributed by atoms with E-state index in [1.807, 2.05) is 30.3 Å². The number of sulfonamides is 1. The number of carbonyl (C=O) groups excluding carboxylic acids is 2. The van der Waals surface area contributed by atoms with Gasteiger partial charge in [-0.3, -0.25) is 9.59 Å². The van der Waals surface area contributed by atoms with Crippen LogP contribution in [0.25, 0.3) is 0 Å². The van der Waals surface area contributed by atoms with Gasteiger partial charge in [-0.05, 0) is 43.0 Å². The van der Waals surface area contributed by atoms with Gasteiger partial charge in [0, 0.05) is 18.8 Å². The first-order valence-corrected chi connectivity index (χ1v) is 11.8. The van der Waals surface area contributed by atoms with E-state index < -0.39 is 33.9 Å². The summed E-state index contributed by atoms with van der Waals surface area (Å²) in [5.41, 5.74) is 1.32. The molecule has 1 amide bonds. The van der Waals surface area contributed by atoms with E-state index in [1.165, 1.54) is 16.4 Å². The van der Waals surface area contributed by atoms with Crippen molar-refractivity contribution in [3.05, 3.63) is 59.7 Å². The van der Waals surface area contributed by atoms with Crippen molar-refractivity contribution in [3.63, 3.8) is 0 Å². The highest BCUT2D eigenvalue weighted by atomic mass is 32.2. The van der Waals surface area contributed by atoms with E-state index in [-0.39, 0.29) is 4.90 Å². The lowest BCUT2D eigenvalue weighted by Crippen LogP contribution is -2.31. The second kappa shape index (κ2) is 9.20. The third-order valence-electron chi connectivity index (χ3n) is 5.63. The maximum atomic E-state index is 12.8. The van der Waals surface area contributed by atoms with Gasteiger partial charge in [0.2, 0.25) is 10.0 Å². The molecule has 2 aromatic rings. The topological polar surface area (TPSA) is 92.8 Å². The summed E-state index contributed by atoms with van der Waals surface area (Å²) >= 11 is 0. The van der Waals surface area contributed by atoms with Crippen molar-refractivity contribution in [2.45, 2.75) is 43.9 Å². The van der Waals surface area contributed by atoms with Crippen LogP contribution >= 0.6 is 0 Å². The Morgan fingerprint density at radius 2 is 1.71 bits per heavy atom. The van der Waals surface area contributed by atoms with Gasteiger partial charge in [-0.1, -0.05) is 50.2 Å². The standard InChI is InChI=1S/C23H28N2O5S/c1-4-25(5-2)31(28,29)19-12-11-17(3)20(15-19)24-21(26)16-30-22(27)23(13-14-23)18-9-7-6-8-10-18/h6-12,15H,4-5,13-14,16H2,1-3H3,(H,24,26). The van der Waals surface area contributed by atoms with Crippen molar-refractivity contribution in [2.24, 2.45) is 0 Å². The van der Waals surface area contributed by atoms with Crippen LogP contribution in [0.4, 0.5) is 5.69 Å². The van der Waals surface area contributed by atoms with Gasteiger partial charge in [-0.2, -0.15) is 4.31 Å². The van der Waals surface area contributed by atoms with Crippen LogP contribution < -0.4 is 5.32 Å². The van der Waals surface area contributed by atoms with Crippen LogP contribution in [0.5, 0.6) is 0 Å². The molecule has 1 saturated carbocycles. The molecule has 0 radical (unpaired) electrons. The van der Waals surface area contributed by atoms with Crippen molar-refractivity contribution >= 4 is 27.6 Å². The van der Waals surface area contributed by atoms with Gasteiger partial charge in [-0.15, -0.1) is 0 Å². The van der Waals surface area contributed by atoms with Crippen molar-refractivity contribution < 1.29 is 22.7 Å². The molecular formula is C23H28N2O5S. The molecule has 0 saturated heterocycles. The van der Waals surface area contributed by atoms with E-state index in [1.54, 1.807) is 26.8 Å². The molecule has 0 aromatic heterocycles. The molecule has 31 heavy (non-hydrogen) atoms. The van der Waals surface area contributed by atoms with Crippen molar-refractivity contribution in [3.8, 4) is 0 Å². The molecule has 7 nitrogen and oxygen atoms in total. The van der Waals surface area contributed by atoms with Gasteiger partial charge in [0.05, 0.1) is 10.3 Å². The lowest BCUT2D eigenvalue weighted by atomic mass is 9.96. The Hall–Kier alpha value is -2.71. The number of aryl methyl sites for hydroxylation is 1. The zero-order valence-corrected chi connectivity index (χ0v) is 18.9. The smallest absolute Gasteiger partial charge is 0.317 e. The number of nitrogens with zero attached hydrogens (tertiary/aromatic N) is 1. The molecule has 1 fully saturated rings. The molecule has 0 spiro atoms. The lowest BCUT2D eigenvalue weighted by molar-refractivity contribution is -0.150. The van der Waals surface area contributed by atoms with E-state index in [2.05, 4.69) is 5.32 Å². The molecule has 1 N–H and O–H groups in total. The Labute approximate surface area is 183 Å². The van der Waals surface area contributed by atoms with E-state index in [4.69, 9.17) is 4.74 Å². The molecule has 0 unspecified atom stereocenters. The molecule has 166 valence electrons. The summed E-state index contributed by atoms with van der Waals surface area (Å²) in [7, 11) is -3.65. The Bertz CT molecular complexity index is 1060. The maximum Gasteiger partial charge on any atom is 0.317 e. The Morgan fingerprint density at radius 3 is 2.29 bits per heavy atom. The number of ether oxygens (including phenoxy) is 1. The van der Waals surface area contributed by atoms with Crippen molar-refractivity contribution in [2.75, 3.05) is 25.0 Å². The quantitative estimate of drug-likeness (QED) is 0.600. The molecular weight excluding hydrogens is 416 g/mol. The average Bonchev–Trinajstić information content (AvgIpc) is 3.57. The lowest BCUT2D eigenvalue weighted by Gasteiger charge is -2.19. The minimum atomic E-state index is -3.65. The third-order valence-corrected chi connectivity index (χ3v) is 7.67. The maximum absolute atomic E-state index is 12.8. The summed E-state index contributed by atoms with van der Waals surface area (Å²) in [6.45, 7) is 5.59. The number of hydrogen-bond acceptors (Lipinski definition) is 5. The second-order valence-electron chi connectivity index (χ2n) is 7.64. The number of rotatable bonds is 9. The predicted octanol–water partition coefficient (Wildman–Crippen LogP) is 3.24. The van der Waals surface area contributed by atoms with Gasteiger partial charge < -0.3 is 10.1 Å². The van der Waals surface area contributed by atoms with Crippen LogP contribution in [0.2, 0.25) is 0 Å². The van der Waals surface area contributed by atoms with Gasteiger partial charge in [-0.25, -0.2) is 8.42 Å². The summed E-state index contributed by atoms with van der Waals surface area (Å²) in [6.07, 6.45) is 1.39. The Balaban J connectivity index is 1.66. The Morgan fingerprint density at radius 1 is 1.06 bits per heavy atom. The normalized spacial score (nSPS) is 14.8. The molecule has 0 aliphatic heterocycles. The highest BCUT2D eigenvalue weighted by Crippen LogP contribution is 2.49. The first-order chi connectivity index (χ1) is 14.7. The number of anilines is 1. The van der Waals surface area contributed by atoms with Crippen molar-refractivity contribution in [1.82, 2.24) is 4.31 Å². The molecule has 0 atom stereocenters. The summed E-state index contributed by atoms with van der Waals surface area (Å²) < 4.78 is 32.2. The summed E-state index contributed by atoms with van der Waals surface area (Å²) in [6, 6.07) is 14.0. The van der Waals surface area contributed by atoms with E-state index in [9.17, 15) is 18.0 Å². The minimum Gasteiger partial charge on any atom is -0.455 e. The monoisotopic (exact) mass is 444 g/mol. The number of amides is 1. The van der Waals surface area contributed by atoms with Crippen LogP contribution in [-0.4, -0.2) is 44.3 Å². The van der Waals surface area contributed by atoms with E-state index in [0.29, 0.717) is 37.2 Å².